The van der Waals surface area contributed by atoms with Gasteiger partial charge in [0.2, 0.25) is 0 Å². The van der Waals surface area contributed by atoms with E-state index >= 15 is 0 Å². The van der Waals surface area contributed by atoms with E-state index in [0.29, 0.717) is 11.1 Å². The lowest BCUT2D eigenvalue weighted by Crippen LogP contribution is -2.25. The molecular weight excluding hydrogens is 362 g/mol. The number of rotatable bonds is 4. The Kier molecular flexibility index (Phi) is 4.98. The summed E-state index contributed by atoms with van der Waals surface area (Å²) in [6, 6.07) is 11.4. The number of carbonyl (C=O) groups excluding carboxylic acids is 1. The van der Waals surface area contributed by atoms with E-state index in [1.807, 2.05) is 31.2 Å². The molecule has 2 N–H and O–H groups in total. The van der Waals surface area contributed by atoms with Crippen LogP contribution in [0.4, 0.5) is 17.6 Å². The zero-order valence-corrected chi connectivity index (χ0v) is 14.2. The van der Waals surface area contributed by atoms with Crippen molar-refractivity contribution in [1.82, 2.24) is 15.5 Å². The molecule has 3 rings (SSSR count). The number of nitrogens with one attached hydrogen (secondary N) is 2. The van der Waals surface area contributed by atoms with Crippen LogP contribution in [0.2, 0.25) is 0 Å². The van der Waals surface area contributed by atoms with Crippen molar-refractivity contribution in [3.05, 3.63) is 76.9 Å². The van der Waals surface area contributed by atoms with Gasteiger partial charge in [0.25, 0.3) is 5.91 Å². The molecule has 0 spiro atoms. The van der Waals surface area contributed by atoms with Gasteiger partial charge in [-0.15, -0.1) is 0 Å². The fourth-order valence-electron chi connectivity index (χ4n) is 2.65. The van der Waals surface area contributed by atoms with E-state index in [1.54, 1.807) is 0 Å². The van der Waals surface area contributed by atoms with Gasteiger partial charge >= 0.3 is 6.18 Å². The second kappa shape index (κ2) is 7.22. The van der Waals surface area contributed by atoms with Crippen LogP contribution in [0, 0.1) is 12.7 Å². The molecule has 3 aromatic rings. The number of benzene rings is 2. The maximum atomic E-state index is 13.7. The van der Waals surface area contributed by atoms with Crippen LogP contribution >= 0.6 is 0 Å². The Hall–Kier alpha value is -3.16. The predicted octanol–water partition coefficient (Wildman–Crippen LogP) is 4.47. The van der Waals surface area contributed by atoms with Crippen LogP contribution in [-0.4, -0.2) is 16.1 Å². The van der Waals surface area contributed by atoms with Gasteiger partial charge in [-0.1, -0.05) is 35.9 Å². The average Bonchev–Trinajstić information content (AvgIpc) is 3.11. The highest BCUT2D eigenvalue weighted by Gasteiger charge is 2.38. The standard InChI is InChI=1S/C19H15F4N3O/c1-11-2-4-12(5-3-11)15-8-14(20)7-6-13(15)9-24-18(27)16-10-25-26-17(16)19(21,22)23/h2-8,10H,9H2,1H3,(H,24,27)(H,25,26). The molecule has 8 heteroatoms. The molecule has 0 saturated carbocycles. The van der Waals surface area contributed by atoms with Crippen molar-refractivity contribution in [3.8, 4) is 11.1 Å². The summed E-state index contributed by atoms with van der Waals surface area (Å²) in [5, 5.41) is 7.58. The van der Waals surface area contributed by atoms with E-state index < -0.39 is 29.2 Å². The number of hydrogen-bond acceptors (Lipinski definition) is 2. The summed E-state index contributed by atoms with van der Waals surface area (Å²) in [6.07, 6.45) is -3.85. The normalized spacial score (nSPS) is 11.4. The number of aromatic nitrogens is 2. The summed E-state index contributed by atoms with van der Waals surface area (Å²) in [5.41, 5.74) is 1.02. The summed E-state index contributed by atoms with van der Waals surface area (Å²) in [5.74, 6) is -1.37. The van der Waals surface area contributed by atoms with Crippen LogP contribution in [0.15, 0.2) is 48.7 Å². The number of nitrogens with zero attached hydrogens (tertiary/aromatic N) is 1. The molecule has 1 aromatic heterocycles. The van der Waals surface area contributed by atoms with Gasteiger partial charge in [-0.05, 0) is 35.7 Å². The fourth-order valence-corrected chi connectivity index (χ4v) is 2.65. The van der Waals surface area contributed by atoms with Crippen molar-refractivity contribution >= 4 is 5.91 Å². The van der Waals surface area contributed by atoms with Gasteiger partial charge in [-0.25, -0.2) is 4.39 Å². The molecule has 0 fully saturated rings. The Balaban J connectivity index is 1.84. The second-order valence-electron chi connectivity index (χ2n) is 6.00. The molecule has 2 aromatic carbocycles. The number of aromatic amines is 1. The minimum absolute atomic E-state index is 0.0647. The molecule has 0 bridgehead atoms. The summed E-state index contributed by atoms with van der Waals surface area (Å²) < 4.78 is 52.3. The molecule has 0 aliphatic heterocycles. The number of H-pyrrole nitrogens is 1. The van der Waals surface area contributed by atoms with Crippen LogP contribution in [0.25, 0.3) is 11.1 Å². The molecule has 0 aliphatic rings. The lowest BCUT2D eigenvalue weighted by Gasteiger charge is -2.12. The van der Waals surface area contributed by atoms with E-state index in [0.717, 1.165) is 17.3 Å². The van der Waals surface area contributed by atoms with E-state index in [9.17, 15) is 22.4 Å². The maximum Gasteiger partial charge on any atom is 0.435 e. The lowest BCUT2D eigenvalue weighted by molar-refractivity contribution is -0.141. The second-order valence-corrected chi connectivity index (χ2v) is 6.00. The predicted molar refractivity (Wildman–Crippen MR) is 91.3 cm³/mol. The molecule has 0 radical (unpaired) electrons. The van der Waals surface area contributed by atoms with E-state index in [-0.39, 0.29) is 6.54 Å². The number of alkyl halides is 3. The Morgan fingerprint density at radius 1 is 1.15 bits per heavy atom. The first-order valence-electron chi connectivity index (χ1n) is 8.00. The number of halogens is 4. The molecule has 1 heterocycles. The highest BCUT2D eigenvalue weighted by Crippen LogP contribution is 2.30. The summed E-state index contributed by atoms with van der Waals surface area (Å²) in [6.45, 7) is 1.85. The smallest absolute Gasteiger partial charge is 0.348 e. The van der Waals surface area contributed by atoms with Crippen molar-refractivity contribution in [3.63, 3.8) is 0 Å². The number of amides is 1. The Morgan fingerprint density at radius 3 is 2.52 bits per heavy atom. The molecule has 4 nitrogen and oxygen atoms in total. The lowest BCUT2D eigenvalue weighted by atomic mass is 9.98. The third-order valence-electron chi connectivity index (χ3n) is 4.03. The Bertz CT molecular complexity index is 962. The molecule has 0 unspecified atom stereocenters. The summed E-state index contributed by atoms with van der Waals surface area (Å²) in [7, 11) is 0. The van der Waals surface area contributed by atoms with Gasteiger partial charge in [0.1, 0.15) is 5.82 Å². The third-order valence-corrected chi connectivity index (χ3v) is 4.03. The van der Waals surface area contributed by atoms with Crippen LogP contribution in [0.3, 0.4) is 0 Å². The van der Waals surface area contributed by atoms with Crippen LogP contribution in [0.1, 0.15) is 27.2 Å². The summed E-state index contributed by atoms with van der Waals surface area (Å²) in [4.78, 5) is 12.2. The van der Waals surface area contributed by atoms with Gasteiger partial charge in [0.15, 0.2) is 5.69 Å². The van der Waals surface area contributed by atoms with E-state index in [1.165, 1.54) is 18.2 Å². The van der Waals surface area contributed by atoms with Gasteiger partial charge in [-0.2, -0.15) is 18.3 Å². The van der Waals surface area contributed by atoms with Crippen molar-refractivity contribution in [1.29, 1.82) is 0 Å². The van der Waals surface area contributed by atoms with Crippen LogP contribution in [0.5, 0.6) is 0 Å². The fraction of sp³-hybridized carbons (Fsp3) is 0.158. The first-order valence-corrected chi connectivity index (χ1v) is 8.00. The SMILES string of the molecule is Cc1ccc(-c2cc(F)ccc2CNC(=O)c2c[nH]nc2C(F)(F)F)cc1. The molecule has 0 saturated heterocycles. The molecule has 140 valence electrons. The van der Waals surface area contributed by atoms with Crippen molar-refractivity contribution in [2.75, 3.05) is 0 Å². The van der Waals surface area contributed by atoms with Crippen molar-refractivity contribution in [2.45, 2.75) is 19.6 Å². The maximum absolute atomic E-state index is 13.7. The number of carbonyl (C=O) groups is 1. The monoisotopic (exact) mass is 377 g/mol. The highest BCUT2D eigenvalue weighted by molar-refractivity contribution is 5.95. The molecule has 0 aliphatic carbocycles. The minimum Gasteiger partial charge on any atom is -0.348 e. The number of aryl methyl sites for hydroxylation is 1. The third kappa shape index (κ3) is 4.16. The zero-order chi connectivity index (χ0) is 19.6. The van der Waals surface area contributed by atoms with Crippen molar-refractivity contribution in [2.24, 2.45) is 0 Å². The first-order chi connectivity index (χ1) is 12.8. The molecule has 0 atom stereocenters. The molecule has 27 heavy (non-hydrogen) atoms. The number of hydrogen-bond donors (Lipinski definition) is 2. The summed E-state index contributed by atoms with van der Waals surface area (Å²) >= 11 is 0. The Labute approximate surface area is 152 Å². The minimum atomic E-state index is -4.74. The van der Waals surface area contributed by atoms with Crippen LogP contribution < -0.4 is 5.32 Å². The highest BCUT2D eigenvalue weighted by atomic mass is 19.4. The molecule has 1 amide bonds. The van der Waals surface area contributed by atoms with E-state index in [2.05, 4.69) is 15.5 Å². The van der Waals surface area contributed by atoms with Gasteiger partial charge in [0, 0.05) is 12.7 Å². The van der Waals surface area contributed by atoms with Crippen LogP contribution in [-0.2, 0) is 12.7 Å². The van der Waals surface area contributed by atoms with Gasteiger partial charge < -0.3 is 5.32 Å². The quantitative estimate of drug-likeness (QED) is 0.659. The van der Waals surface area contributed by atoms with Gasteiger partial charge in [-0.3, -0.25) is 9.89 Å². The topological polar surface area (TPSA) is 57.8 Å². The van der Waals surface area contributed by atoms with Crippen molar-refractivity contribution < 1.29 is 22.4 Å². The van der Waals surface area contributed by atoms with Gasteiger partial charge in [0.05, 0.1) is 5.56 Å². The molecular formula is C19H15F4N3O. The zero-order valence-electron chi connectivity index (χ0n) is 14.2. The first kappa shape index (κ1) is 18.6. The average molecular weight is 377 g/mol. The van der Waals surface area contributed by atoms with E-state index in [4.69, 9.17) is 0 Å². The largest absolute Gasteiger partial charge is 0.435 e. The Morgan fingerprint density at radius 2 is 1.85 bits per heavy atom.